The lowest BCUT2D eigenvalue weighted by Crippen LogP contribution is -2.50. The van der Waals surface area contributed by atoms with E-state index in [-0.39, 0.29) is 31.2 Å². The van der Waals surface area contributed by atoms with E-state index >= 15 is 0 Å². The Morgan fingerprint density at radius 2 is 1.70 bits per heavy atom. The Hall–Kier alpha value is -5.07. The third-order valence-corrected chi connectivity index (χ3v) is 7.89. The minimum absolute atomic E-state index is 0.0675. The topological polar surface area (TPSA) is 139 Å². The Bertz CT molecular complexity index is 1770. The van der Waals surface area contributed by atoms with Gasteiger partial charge in [-0.1, -0.05) is 18.2 Å². The normalized spacial score (nSPS) is 16.1. The number of hydrogen-bond acceptors (Lipinski definition) is 7. The minimum atomic E-state index is -5.15. The molecule has 1 fully saturated rings. The number of carbonyl (C=O) groups is 3. The largest absolute Gasteiger partial charge is 0.591 e. The number of likely N-dealkylation sites (tertiary alicyclic amines) is 1. The zero-order chi connectivity index (χ0) is 36.5. The van der Waals surface area contributed by atoms with E-state index in [9.17, 15) is 45.3 Å². The van der Waals surface area contributed by atoms with Crippen molar-refractivity contribution in [2.45, 2.75) is 50.2 Å². The molecule has 0 bridgehead atoms. The van der Waals surface area contributed by atoms with Crippen molar-refractivity contribution in [3.8, 4) is 0 Å². The van der Waals surface area contributed by atoms with Crippen LogP contribution in [-0.2, 0) is 46.1 Å². The predicted octanol–water partition coefficient (Wildman–Crippen LogP) is 5.38. The van der Waals surface area contributed by atoms with Gasteiger partial charge in [-0.3, -0.25) is 4.79 Å². The highest BCUT2D eigenvalue weighted by Crippen LogP contribution is 2.37. The van der Waals surface area contributed by atoms with E-state index in [1.165, 1.54) is 11.2 Å². The number of piperidine rings is 1. The average Bonchev–Trinajstić information content (AvgIpc) is 3.22. The molecule has 2 aliphatic heterocycles. The number of anilines is 1. The highest BCUT2D eigenvalue weighted by molar-refractivity contribution is 7.89. The summed E-state index contributed by atoms with van der Waals surface area (Å²) in [5.74, 6) is 4.95. The molecule has 264 valence electrons. The zero-order valence-corrected chi connectivity index (χ0v) is 27.0. The SMILES string of the molecule is C[S+]([O-])N=C=C=CN=C=C=NC(=O)[C@@H](Cc1cc(C(F)(F)F)cc(C(F)(F)F)c1)OC(=O)N1CCC(N2CCc3ccccc3NC2=O)CC1. The molecule has 1 unspecified atom stereocenters. The molecule has 4 rings (SSSR count). The van der Waals surface area contributed by atoms with Crippen LogP contribution in [-0.4, -0.2) is 88.0 Å². The van der Waals surface area contributed by atoms with Gasteiger partial charge in [-0.05, 0) is 64.8 Å². The first kappa shape index (κ1) is 37.7. The van der Waals surface area contributed by atoms with Gasteiger partial charge in [-0.15, -0.1) is 0 Å². The summed E-state index contributed by atoms with van der Waals surface area (Å²) >= 11 is -1.53. The molecule has 0 saturated carbocycles. The highest BCUT2D eigenvalue weighted by atomic mass is 32.2. The molecule has 4 amide bonds. The van der Waals surface area contributed by atoms with Crippen molar-refractivity contribution in [3.63, 3.8) is 0 Å². The first-order chi connectivity index (χ1) is 23.6. The van der Waals surface area contributed by atoms with Crippen LogP contribution in [0.25, 0.3) is 0 Å². The van der Waals surface area contributed by atoms with Crippen LogP contribution >= 0.6 is 0 Å². The fourth-order valence-corrected chi connectivity index (χ4v) is 5.37. The number of alkyl halides is 6. The molecule has 0 radical (unpaired) electrons. The summed E-state index contributed by atoms with van der Waals surface area (Å²) in [6.45, 7) is 0.584. The maximum atomic E-state index is 13.5. The van der Waals surface area contributed by atoms with Crippen LogP contribution < -0.4 is 5.32 Å². The first-order valence-electron chi connectivity index (χ1n) is 14.8. The van der Waals surface area contributed by atoms with E-state index < -0.39 is 64.9 Å². The van der Waals surface area contributed by atoms with Gasteiger partial charge in [0.1, 0.15) is 17.6 Å². The number of nitrogens with one attached hydrogen (secondary N) is 1. The Labute approximate surface area is 284 Å². The van der Waals surface area contributed by atoms with Crippen molar-refractivity contribution >= 4 is 52.7 Å². The third-order valence-electron chi connectivity index (χ3n) is 7.54. The number of urea groups is 1. The number of hydrogen-bond donors (Lipinski definition) is 1. The summed E-state index contributed by atoms with van der Waals surface area (Å²) < 4.78 is 100. The van der Waals surface area contributed by atoms with Crippen molar-refractivity contribution in [1.29, 1.82) is 0 Å². The van der Waals surface area contributed by atoms with Gasteiger partial charge in [-0.2, -0.15) is 36.3 Å². The number of carbonyl (C=O) groups excluding carboxylic acids is 3. The van der Waals surface area contributed by atoms with E-state index in [1.54, 1.807) is 17.0 Å². The summed E-state index contributed by atoms with van der Waals surface area (Å²) in [7, 11) is 0. The van der Waals surface area contributed by atoms with Crippen LogP contribution in [0.2, 0.25) is 0 Å². The molecule has 2 heterocycles. The van der Waals surface area contributed by atoms with Crippen LogP contribution in [0.15, 0.2) is 68.8 Å². The molecule has 0 spiro atoms. The molecule has 0 aromatic heterocycles. The van der Waals surface area contributed by atoms with E-state index in [1.807, 2.05) is 18.0 Å². The zero-order valence-electron chi connectivity index (χ0n) is 26.2. The number of rotatable bonds is 7. The lowest BCUT2D eigenvalue weighted by atomic mass is 10.00. The lowest BCUT2D eigenvalue weighted by Gasteiger charge is -2.37. The molecule has 11 nitrogen and oxygen atoms in total. The van der Waals surface area contributed by atoms with Crippen molar-refractivity contribution in [2.75, 3.05) is 31.2 Å². The molecule has 2 aromatic rings. The van der Waals surface area contributed by atoms with Crippen molar-refractivity contribution in [3.05, 3.63) is 76.6 Å². The van der Waals surface area contributed by atoms with Crippen molar-refractivity contribution in [2.24, 2.45) is 14.4 Å². The summed E-state index contributed by atoms with van der Waals surface area (Å²) in [6.07, 6.45) is -10.7. The Morgan fingerprint density at radius 3 is 2.34 bits per heavy atom. The van der Waals surface area contributed by atoms with Gasteiger partial charge in [0.05, 0.1) is 34.9 Å². The monoisotopic (exact) mass is 722 g/mol. The van der Waals surface area contributed by atoms with Gasteiger partial charge in [0.2, 0.25) is 0 Å². The maximum Gasteiger partial charge on any atom is 0.416 e. The molecule has 1 saturated heterocycles. The molecule has 1 N–H and O–H groups in total. The number of aliphatic imine (C=N–C) groups is 2. The Kier molecular flexibility index (Phi) is 12.5. The number of fused-ring (bicyclic) bond motifs is 1. The second-order valence-electron chi connectivity index (χ2n) is 10.9. The number of para-hydroxylation sites is 1. The fourth-order valence-electron chi connectivity index (χ4n) is 5.19. The lowest BCUT2D eigenvalue weighted by molar-refractivity contribution is -0.143. The second-order valence-corrected chi connectivity index (χ2v) is 12.0. The predicted molar refractivity (Wildman–Crippen MR) is 170 cm³/mol. The molecule has 18 heteroatoms. The maximum absolute atomic E-state index is 13.5. The van der Waals surface area contributed by atoms with Crippen molar-refractivity contribution in [1.82, 2.24) is 9.80 Å². The Morgan fingerprint density at radius 1 is 1.04 bits per heavy atom. The Balaban J connectivity index is 1.52. The standard InChI is InChI=1S/C32H28F6N6O5S/c1-50(48)41-11-4-10-39-12-13-40-28(45)27(19-21-17-23(31(33,34)35)20-24(18-21)32(36,37)38)49-30(47)43-14-8-25(9-15-43)44-16-7-22-5-2-3-6-26(22)42-29(44)46/h2-3,5-6,10,17-18,20,25,27H,7-9,14-16,19H2,1H3,(H,42,46)/t27-,50?/m1/s1. The second kappa shape index (κ2) is 16.6. The summed E-state index contributed by atoms with van der Waals surface area (Å²) in [5, 5.41) is 2.88. The van der Waals surface area contributed by atoms with E-state index in [4.69, 9.17) is 4.74 Å². The summed E-state index contributed by atoms with van der Waals surface area (Å²) in [5.41, 5.74) is 0.122. The molecule has 2 atom stereocenters. The fraction of sp³-hybridized carbons (Fsp3) is 0.375. The molecular weight excluding hydrogens is 694 g/mol. The summed E-state index contributed by atoms with van der Waals surface area (Å²) in [6, 6.07) is 7.61. The molecular formula is C32H28F6N6O5S. The number of ether oxygens (including phenoxy) is 1. The van der Waals surface area contributed by atoms with Crippen LogP contribution in [0.1, 0.15) is 35.1 Å². The van der Waals surface area contributed by atoms with Crippen molar-refractivity contribution < 1.29 is 50.0 Å². The van der Waals surface area contributed by atoms with E-state index in [2.05, 4.69) is 37.2 Å². The first-order valence-corrected chi connectivity index (χ1v) is 16.3. The van der Waals surface area contributed by atoms with E-state index in [0.29, 0.717) is 43.6 Å². The molecule has 2 aromatic carbocycles. The van der Waals surface area contributed by atoms with Crippen LogP contribution in [0, 0.1) is 0 Å². The van der Waals surface area contributed by atoms with Gasteiger partial charge >= 0.3 is 24.5 Å². The van der Waals surface area contributed by atoms with Crippen LogP contribution in [0.4, 0.5) is 41.6 Å². The van der Waals surface area contributed by atoms with Gasteiger partial charge in [0.25, 0.3) is 5.91 Å². The number of benzene rings is 2. The third kappa shape index (κ3) is 10.7. The number of amides is 4. The number of halogens is 6. The van der Waals surface area contributed by atoms with Crippen LogP contribution in [0.5, 0.6) is 0 Å². The van der Waals surface area contributed by atoms with Gasteiger partial charge in [0, 0.05) is 37.8 Å². The van der Waals surface area contributed by atoms with Gasteiger partial charge in [0.15, 0.2) is 6.10 Å². The smallest absolute Gasteiger partial charge is 0.416 e. The molecule has 0 aliphatic carbocycles. The number of nitrogens with zero attached hydrogens (tertiary/aromatic N) is 5. The highest BCUT2D eigenvalue weighted by Gasteiger charge is 2.38. The molecule has 50 heavy (non-hydrogen) atoms. The summed E-state index contributed by atoms with van der Waals surface area (Å²) in [4.78, 5) is 48.9. The van der Waals surface area contributed by atoms with Crippen LogP contribution in [0.3, 0.4) is 0 Å². The quantitative estimate of drug-likeness (QED) is 0.177. The molecule has 2 aliphatic rings. The average molecular weight is 723 g/mol. The van der Waals surface area contributed by atoms with E-state index in [0.717, 1.165) is 11.8 Å². The van der Waals surface area contributed by atoms with Gasteiger partial charge in [-0.25, -0.2) is 9.59 Å². The van der Waals surface area contributed by atoms with Gasteiger partial charge < -0.3 is 24.4 Å². The minimum Gasteiger partial charge on any atom is -0.591 e.